The second-order valence-corrected chi connectivity index (χ2v) is 4.72. The number of nitrogens with two attached hydrogens (primary N) is 1. The number of allylic oxidation sites excluding steroid dienone is 1. The Hall–Kier alpha value is -2.30. The van der Waals surface area contributed by atoms with Crippen molar-refractivity contribution in [1.82, 2.24) is 0 Å². The van der Waals surface area contributed by atoms with Crippen LogP contribution in [0.4, 0.5) is 0 Å². The highest BCUT2D eigenvalue weighted by atomic mass is 16.5. The van der Waals surface area contributed by atoms with Gasteiger partial charge in [-0.25, -0.2) is 9.59 Å². The Kier molecular flexibility index (Phi) is 7.01. The first-order chi connectivity index (χ1) is 10.1. The lowest BCUT2D eigenvalue weighted by molar-refractivity contribution is -0.145. The number of hydrogen-bond donors (Lipinski definition) is 2. The molecule has 0 spiro atoms. The van der Waals surface area contributed by atoms with Gasteiger partial charge >= 0.3 is 11.9 Å². The van der Waals surface area contributed by atoms with Crippen LogP contribution in [0.3, 0.4) is 0 Å². The zero-order valence-electron chi connectivity index (χ0n) is 12.2. The van der Waals surface area contributed by atoms with E-state index >= 15 is 0 Å². The topological polar surface area (TPSA) is 89.6 Å². The molecule has 5 heteroatoms. The standard InChI is InChI=1S/C16H21NO4/c1-2-3-5-10-13(17)14(15(18)19)16(20)21-11-12-8-6-4-7-9-12/h4,6-9H,2-3,5,10-11,17H2,1H3,(H,18,19)/b14-13+. The van der Waals surface area contributed by atoms with Crippen molar-refractivity contribution in [3.05, 3.63) is 47.2 Å². The molecule has 0 bridgehead atoms. The number of unbranched alkanes of at least 4 members (excludes halogenated alkanes) is 2. The third kappa shape index (κ3) is 5.69. The molecule has 0 aliphatic heterocycles. The molecule has 0 atom stereocenters. The van der Waals surface area contributed by atoms with Crippen molar-refractivity contribution in [1.29, 1.82) is 0 Å². The molecule has 0 aromatic heterocycles. The third-order valence-electron chi connectivity index (χ3n) is 3.00. The van der Waals surface area contributed by atoms with E-state index in [2.05, 4.69) is 0 Å². The molecule has 0 radical (unpaired) electrons. The number of aliphatic carboxylic acids is 1. The van der Waals surface area contributed by atoms with Crippen molar-refractivity contribution in [2.24, 2.45) is 5.73 Å². The molecule has 0 amide bonds. The summed E-state index contributed by atoms with van der Waals surface area (Å²) >= 11 is 0. The lowest BCUT2D eigenvalue weighted by Crippen LogP contribution is -2.21. The van der Waals surface area contributed by atoms with Gasteiger partial charge in [-0.15, -0.1) is 0 Å². The number of carbonyl (C=O) groups excluding carboxylic acids is 1. The normalized spacial score (nSPS) is 11.7. The van der Waals surface area contributed by atoms with Crippen LogP contribution in [0.25, 0.3) is 0 Å². The van der Waals surface area contributed by atoms with Gasteiger partial charge in [-0.1, -0.05) is 50.1 Å². The molecular formula is C16H21NO4. The fourth-order valence-electron chi connectivity index (χ4n) is 1.84. The Morgan fingerprint density at radius 3 is 2.43 bits per heavy atom. The molecule has 0 heterocycles. The monoisotopic (exact) mass is 291 g/mol. The van der Waals surface area contributed by atoms with Gasteiger partial charge in [-0.2, -0.15) is 0 Å². The average molecular weight is 291 g/mol. The van der Waals surface area contributed by atoms with Gasteiger partial charge in [0, 0.05) is 5.70 Å². The molecule has 1 aromatic carbocycles. The first-order valence-electron chi connectivity index (χ1n) is 6.99. The maximum Gasteiger partial charge on any atom is 0.347 e. The molecule has 0 aliphatic rings. The first-order valence-corrected chi connectivity index (χ1v) is 6.99. The maximum absolute atomic E-state index is 11.9. The Balaban J connectivity index is 2.69. The fraction of sp³-hybridized carbons (Fsp3) is 0.375. The zero-order chi connectivity index (χ0) is 15.7. The van der Waals surface area contributed by atoms with E-state index < -0.39 is 17.5 Å². The highest BCUT2D eigenvalue weighted by Crippen LogP contribution is 2.12. The van der Waals surface area contributed by atoms with Crippen molar-refractivity contribution in [2.45, 2.75) is 39.2 Å². The number of rotatable bonds is 8. The third-order valence-corrected chi connectivity index (χ3v) is 3.00. The van der Waals surface area contributed by atoms with Crippen LogP contribution in [0, 0.1) is 0 Å². The number of hydrogen-bond acceptors (Lipinski definition) is 4. The van der Waals surface area contributed by atoms with E-state index in [1.807, 2.05) is 25.1 Å². The summed E-state index contributed by atoms with van der Waals surface area (Å²) in [6, 6.07) is 9.07. The van der Waals surface area contributed by atoms with Gasteiger partial charge < -0.3 is 15.6 Å². The van der Waals surface area contributed by atoms with E-state index in [9.17, 15) is 9.59 Å². The van der Waals surface area contributed by atoms with Crippen LogP contribution in [0.15, 0.2) is 41.6 Å². The summed E-state index contributed by atoms with van der Waals surface area (Å²) in [7, 11) is 0. The SMILES string of the molecule is CCCCC/C(N)=C(/C(=O)O)C(=O)OCc1ccccc1. The molecule has 0 unspecified atom stereocenters. The minimum Gasteiger partial charge on any atom is -0.477 e. The molecule has 5 nitrogen and oxygen atoms in total. The summed E-state index contributed by atoms with van der Waals surface area (Å²) < 4.78 is 5.02. The summed E-state index contributed by atoms with van der Waals surface area (Å²) in [5.41, 5.74) is 6.14. The Labute approximate surface area is 124 Å². The van der Waals surface area contributed by atoms with Gasteiger partial charge in [-0.05, 0) is 18.4 Å². The van der Waals surface area contributed by atoms with Crippen molar-refractivity contribution in [3.63, 3.8) is 0 Å². The van der Waals surface area contributed by atoms with Crippen LogP contribution in [-0.4, -0.2) is 17.0 Å². The van der Waals surface area contributed by atoms with Crippen LogP contribution in [0.5, 0.6) is 0 Å². The molecule has 3 N–H and O–H groups in total. The fourth-order valence-corrected chi connectivity index (χ4v) is 1.84. The van der Waals surface area contributed by atoms with Gasteiger partial charge in [0.05, 0.1) is 0 Å². The minimum absolute atomic E-state index is 0.0265. The van der Waals surface area contributed by atoms with Crippen LogP contribution in [-0.2, 0) is 20.9 Å². The van der Waals surface area contributed by atoms with E-state index in [-0.39, 0.29) is 12.3 Å². The van der Waals surface area contributed by atoms with Gasteiger partial charge in [0.25, 0.3) is 0 Å². The Bertz CT molecular complexity index is 508. The zero-order valence-corrected chi connectivity index (χ0v) is 12.2. The molecule has 0 fully saturated rings. The highest BCUT2D eigenvalue weighted by molar-refractivity contribution is 6.13. The lowest BCUT2D eigenvalue weighted by Gasteiger charge is -2.09. The molecular weight excluding hydrogens is 270 g/mol. The van der Waals surface area contributed by atoms with Crippen molar-refractivity contribution in [3.8, 4) is 0 Å². The molecule has 0 saturated heterocycles. The quantitative estimate of drug-likeness (QED) is 0.253. The molecule has 1 rings (SSSR count). The summed E-state index contributed by atoms with van der Waals surface area (Å²) in [4.78, 5) is 23.1. The van der Waals surface area contributed by atoms with E-state index in [1.54, 1.807) is 12.1 Å². The molecule has 114 valence electrons. The smallest absolute Gasteiger partial charge is 0.347 e. The minimum atomic E-state index is -1.35. The number of carboxylic acid groups (broad SMARTS) is 1. The van der Waals surface area contributed by atoms with Gasteiger partial charge in [0.15, 0.2) is 5.57 Å². The summed E-state index contributed by atoms with van der Waals surface area (Å²) in [5.74, 6) is -2.23. The lowest BCUT2D eigenvalue weighted by atomic mass is 10.1. The van der Waals surface area contributed by atoms with Crippen molar-refractivity contribution >= 4 is 11.9 Å². The van der Waals surface area contributed by atoms with Crippen LogP contribution >= 0.6 is 0 Å². The number of esters is 1. The van der Waals surface area contributed by atoms with E-state index in [0.29, 0.717) is 6.42 Å². The van der Waals surface area contributed by atoms with Gasteiger partial charge in [-0.3, -0.25) is 0 Å². The summed E-state index contributed by atoms with van der Waals surface area (Å²) in [6.07, 6.45) is 3.07. The second-order valence-electron chi connectivity index (χ2n) is 4.72. The Morgan fingerprint density at radius 2 is 1.86 bits per heavy atom. The molecule has 1 aromatic rings. The second kappa shape index (κ2) is 8.79. The molecule has 0 aliphatic carbocycles. The maximum atomic E-state index is 11.9. The average Bonchev–Trinajstić information content (AvgIpc) is 2.46. The van der Waals surface area contributed by atoms with Crippen LogP contribution in [0.1, 0.15) is 38.2 Å². The highest BCUT2D eigenvalue weighted by Gasteiger charge is 2.22. The largest absolute Gasteiger partial charge is 0.477 e. The number of ether oxygens (including phenoxy) is 1. The summed E-state index contributed by atoms with van der Waals surface area (Å²) in [6.45, 7) is 2.06. The molecule has 21 heavy (non-hydrogen) atoms. The van der Waals surface area contributed by atoms with Crippen molar-refractivity contribution in [2.75, 3.05) is 0 Å². The number of carboxylic acids is 1. The Morgan fingerprint density at radius 1 is 1.19 bits per heavy atom. The van der Waals surface area contributed by atoms with Crippen LogP contribution < -0.4 is 5.73 Å². The first kappa shape index (κ1) is 16.8. The van der Waals surface area contributed by atoms with Gasteiger partial charge in [0.1, 0.15) is 6.61 Å². The van der Waals surface area contributed by atoms with E-state index in [0.717, 1.165) is 24.8 Å². The summed E-state index contributed by atoms with van der Waals surface area (Å²) in [5, 5.41) is 9.13. The predicted octanol–water partition coefficient (Wildman–Crippen LogP) is 2.61. The van der Waals surface area contributed by atoms with E-state index in [1.165, 1.54) is 0 Å². The van der Waals surface area contributed by atoms with Gasteiger partial charge in [0.2, 0.25) is 0 Å². The predicted molar refractivity (Wildman–Crippen MR) is 79.2 cm³/mol. The number of benzene rings is 1. The number of carbonyl (C=O) groups is 2. The molecule has 0 saturated carbocycles. The van der Waals surface area contributed by atoms with E-state index in [4.69, 9.17) is 15.6 Å². The van der Waals surface area contributed by atoms with Crippen molar-refractivity contribution < 1.29 is 19.4 Å². The van der Waals surface area contributed by atoms with Crippen LogP contribution in [0.2, 0.25) is 0 Å².